The minimum atomic E-state index is -2.85. The second kappa shape index (κ2) is 5.81. The van der Waals surface area contributed by atoms with E-state index in [1.807, 2.05) is 11.7 Å². The Kier molecular flexibility index (Phi) is 4.20. The van der Waals surface area contributed by atoms with Crippen molar-refractivity contribution in [1.82, 2.24) is 19.2 Å². The third kappa shape index (κ3) is 3.22. The Balaban J connectivity index is 1.75. The van der Waals surface area contributed by atoms with Crippen LogP contribution in [0.5, 0.6) is 0 Å². The van der Waals surface area contributed by atoms with Crippen LogP contribution in [-0.2, 0) is 29.5 Å². The predicted octanol–water partition coefficient (Wildman–Crippen LogP) is 1.22. The third-order valence-corrected chi connectivity index (χ3v) is 6.65. The molecule has 0 saturated carbocycles. The van der Waals surface area contributed by atoms with Gasteiger partial charge < -0.3 is 4.57 Å². The van der Waals surface area contributed by atoms with Crippen molar-refractivity contribution in [2.75, 3.05) is 18.6 Å². The van der Waals surface area contributed by atoms with Crippen LogP contribution in [0.2, 0.25) is 0 Å². The van der Waals surface area contributed by atoms with E-state index in [1.54, 1.807) is 0 Å². The molecule has 1 saturated heterocycles. The lowest BCUT2D eigenvalue weighted by molar-refractivity contribution is 0.196. The highest BCUT2D eigenvalue weighted by Crippen LogP contribution is 2.18. The van der Waals surface area contributed by atoms with E-state index in [0.717, 1.165) is 30.0 Å². The molecule has 1 atom stereocenters. The van der Waals surface area contributed by atoms with E-state index in [1.165, 1.54) is 12.8 Å². The van der Waals surface area contributed by atoms with E-state index in [4.69, 9.17) is 12.2 Å². The van der Waals surface area contributed by atoms with Crippen molar-refractivity contribution in [3.63, 3.8) is 0 Å². The molecule has 1 unspecified atom stereocenters. The second-order valence-electron chi connectivity index (χ2n) is 6.12. The van der Waals surface area contributed by atoms with Crippen LogP contribution >= 0.6 is 12.2 Å². The fourth-order valence-electron chi connectivity index (χ4n) is 3.17. The summed E-state index contributed by atoms with van der Waals surface area (Å²) in [4.78, 5) is 2.06. The van der Waals surface area contributed by atoms with E-state index in [2.05, 4.69) is 14.6 Å². The number of fused-ring (bicyclic) bond motifs is 1. The lowest BCUT2D eigenvalue weighted by Crippen LogP contribution is -2.34. The van der Waals surface area contributed by atoms with Crippen LogP contribution in [-0.4, -0.2) is 52.3 Å². The molecule has 0 amide bonds. The highest BCUT2D eigenvalue weighted by Gasteiger charge is 2.31. The van der Waals surface area contributed by atoms with Crippen LogP contribution < -0.4 is 0 Å². The van der Waals surface area contributed by atoms with E-state index in [0.29, 0.717) is 18.8 Å². The second-order valence-corrected chi connectivity index (χ2v) is 8.71. The first-order valence-electron chi connectivity index (χ1n) is 7.53. The topological polar surface area (TPSA) is 60.1 Å². The van der Waals surface area contributed by atoms with Crippen molar-refractivity contribution >= 4 is 22.1 Å². The zero-order chi connectivity index (χ0) is 15.0. The van der Waals surface area contributed by atoms with E-state index in [-0.39, 0.29) is 11.8 Å². The molecule has 0 N–H and O–H groups in total. The standard InChI is InChI=1S/C13H22N4O2S2/c1-15(11-6-8-21(18,19)9-11)10-17-13(20)16-7-4-2-3-5-12(16)14-17/h11H,2-10H2,1H3. The van der Waals surface area contributed by atoms with Gasteiger partial charge in [-0.05, 0) is 38.5 Å². The molecule has 21 heavy (non-hydrogen) atoms. The SMILES string of the molecule is CN(Cn1nc2n(c1=S)CCCCC2)C1CCS(=O)(=O)C1. The van der Waals surface area contributed by atoms with Gasteiger partial charge in [0, 0.05) is 19.0 Å². The zero-order valence-corrected chi connectivity index (χ0v) is 14.0. The maximum Gasteiger partial charge on any atom is 0.199 e. The Morgan fingerprint density at radius 2 is 2.19 bits per heavy atom. The molecule has 118 valence electrons. The van der Waals surface area contributed by atoms with Crippen molar-refractivity contribution in [3.05, 3.63) is 10.6 Å². The molecule has 0 spiro atoms. The van der Waals surface area contributed by atoms with Gasteiger partial charge >= 0.3 is 0 Å². The average molecular weight is 330 g/mol. The van der Waals surface area contributed by atoms with Gasteiger partial charge in [0.25, 0.3) is 0 Å². The Morgan fingerprint density at radius 3 is 2.90 bits per heavy atom. The molecule has 1 fully saturated rings. The van der Waals surface area contributed by atoms with Crippen molar-refractivity contribution in [1.29, 1.82) is 0 Å². The lowest BCUT2D eigenvalue weighted by atomic mass is 10.2. The molecule has 0 radical (unpaired) electrons. The van der Waals surface area contributed by atoms with Gasteiger partial charge in [-0.2, -0.15) is 5.10 Å². The molecule has 0 aromatic carbocycles. The Morgan fingerprint density at radius 1 is 1.38 bits per heavy atom. The molecule has 0 bridgehead atoms. The summed E-state index contributed by atoms with van der Waals surface area (Å²) in [5.41, 5.74) is 0. The summed E-state index contributed by atoms with van der Waals surface area (Å²) in [6.45, 7) is 1.52. The predicted molar refractivity (Wildman–Crippen MR) is 83.4 cm³/mol. The summed E-state index contributed by atoms with van der Waals surface area (Å²) in [6, 6.07) is 0.0819. The van der Waals surface area contributed by atoms with Crippen molar-refractivity contribution < 1.29 is 8.42 Å². The van der Waals surface area contributed by atoms with Gasteiger partial charge in [0.1, 0.15) is 5.82 Å². The summed E-state index contributed by atoms with van der Waals surface area (Å²) in [5, 5.41) is 4.64. The highest BCUT2D eigenvalue weighted by molar-refractivity contribution is 7.91. The lowest BCUT2D eigenvalue weighted by Gasteiger charge is -2.22. The molecular formula is C13H22N4O2S2. The summed E-state index contributed by atoms with van der Waals surface area (Å²) in [5.74, 6) is 1.63. The Labute approximate surface area is 130 Å². The first-order valence-corrected chi connectivity index (χ1v) is 9.76. The molecule has 8 heteroatoms. The zero-order valence-electron chi connectivity index (χ0n) is 12.4. The number of sulfone groups is 1. The molecule has 2 aliphatic rings. The van der Waals surface area contributed by atoms with Crippen LogP contribution in [0.25, 0.3) is 0 Å². The molecule has 0 aliphatic carbocycles. The maximum atomic E-state index is 11.6. The first-order chi connectivity index (χ1) is 9.96. The van der Waals surface area contributed by atoms with Gasteiger partial charge in [0.05, 0.1) is 18.2 Å². The van der Waals surface area contributed by atoms with Crippen molar-refractivity contribution in [3.8, 4) is 0 Å². The fraction of sp³-hybridized carbons (Fsp3) is 0.846. The number of aryl methyl sites for hydroxylation is 1. The van der Waals surface area contributed by atoms with Gasteiger partial charge in [0.15, 0.2) is 14.6 Å². The summed E-state index contributed by atoms with van der Waals surface area (Å²) in [7, 11) is -0.896. The molecule has 1 aromatic heterocycles. The van der Waals surface area contributed by atoms with Crippen molar-refractivity contribution in [2.45, 2.75) is 51.4 Å². The number of rotatable bonds is 3. The van der Waals surface area contributed by atoms with Crippen LogP contribution in [0, 0.1) is 4.77 Å². The first kappa shape index (κ1) is 15.2. The Hall–Kier alpha value is -0.730. The third-order valence-electron chi connectivity index (χ3n) is 4.47. The monoisotopic (exact) mass is 330 g/mol. The molecule has 3 rings (SSSR count). The van der Waals surface area contributed by atoms with Crippen LogP contribution in [0.1, 0.15) is 31.5 Å². The van der Waals surface area contributed by atoms with Gasteiger partial charge in [-0.15, -0.1) is 0 Å². The van der Waals surface area contributed by atoms with E-state index in [9.17, 15) is 8.42 Å². The van der Waals surface area contributed by atoms with Crippen LogP contribution in [0.15, 0.2) is 0 Å². The van der Waals surface area contributed by atoms with Crippen LogP contribution in [0.3, 0.4) is 0 Å². The van der Waals surface area contributed by atoms with Gasteiger partial charge in [-0.1, -0.05) is 6.42 Å². The normalized spacial score (nSPS) is 25.0. The smallest absolute Gasteiger partial charge is 0.199 e. The number of nitrogens with zero attached hydrogens (tertiary/aromatic N) is 4. The van der Waals surface area contributed by atoms with Crippen molar-refractivity contribution in [2.24, 2.45) is 0 Å². The van der Waals surface area contributed by atoms with Gasteiger partial charge in [-0.25, -0.2) is 13.1 Å². The minimum absolute atomic E-state index is 0.0819. The van der Waals surface area contributed by atoms with Crippen LogP contribution in [0.4, 0.5) is 0 Å². The highest BCUT2D eigenvalue weighted by atomic mass is 32.2. The minimum Gasteiger partial charge on any atom is -0.304 e. The molecule has 3 heterocycles. The largest absolute Gasteiger partial charge is 0.304 e. The van der Waals surface area contributed by atoms with E-state index < -0.39 is 9.84 Å². The number of aromatic nitrogens is 3. The maximum absolute atomic E-state index is 11.6. The fourth-order valence-corrected chi connectivity index (χ4v) is 5.27. The molecule has 6 nitrogen and oxygen atoms in total. The number of hydrogen-bond acceptors (Lipinski definition) is 5. The molecule has 2 aliphatic heterocycles. The van der Waals surface area contributed by atoms with E-state index >= 15 is 0 Å². The van der Waals surface area contributed by atoms with Gasteiger partial charge in [0.2, 0.25) is 0 Å². The summed E-state index contributed by atoms with van der Waals surface area (Å²) in [6.07, 6.45) is 5.25. The summed E-state index contributed by atoms with van der Waals surface area (Å²) >= 11 is 5.53. The quantitative estimate of drug-likeness (QED) is 0.780. The Bertz CT molecular complexity index is 677. The summed E-state index contributed by atoms with van der Waals surface area (Å²) < 4.78 is 27.9. The number of hydrogen-bond donors (Lipinski definition) is 0. The van der Waals surface area contributed by atoms with Gasteiger partial charge in [-0.3, -0.25) is 4.90 Å². The average Bonchev–Trinajstić information content (AvgIpc) is 2.82. The molecule has 1 aromatic rings. The molecular weight excluding hydrogens is 308 g/mol.